The zero-order chi connectivity index (χ0) is 17.2. The lowest BCUT2D eigenvalue weighted by atomic mass is 10.1. The van der Waals surface area contributed by atoms with Gasteiger partial charge in [0.25, 0.3) is 0 Å². The molecular formula is C14H18ClNO6S. The number of carboxylic acids is 1. The number of hydrogen-bond donors (Lipinski definition) is 2. The number of benzene rings is 1. The molecule has 0 aliphatic carbocycles. The third kappa shape index (κ3) is 4.81. The van der Waals surface area contributed by atoms with Gasteiger partial charge < -0.3 is 14.9 Å². The van der Waals surface area contributed by atoms with Crippen LogP contribution in [0.2, 0.25) is 5.02 Å². The van der Waals surface area contributed by atoms with Gasteiger partial charge in [0.15, 0.2) is 16.4 Å². The Morgan fingerprint density at radius 3 is 2.70 bits per heavy atom. The molecule has 7 nitrogen and oxygen atoms in total. The molecule has 0 radical (unpaired) electrons. The van der Waals surface area contributed by atoms with Crippen LogP contribution in [0.15, 0.2) is 18.2 Å². The van der Waals surface area contributed by atoms with Gasteiger partial charge in [0.1, 0.15) is 5.75 Å². The maximum Gasteiger partial charge on any atom is 0.341 e. The van der Waals surface area contributed by atoms with Gasteiger partial charge in [-0.2, -0.15) is 0 Å². The van der Waals surface area contributed by atoms with Crippen LogP contribution in [0.25, 0.3) is 0 Å². The molecule has 1 aromatic carbocycles. The van der Waals surface area contributed by atoms with Crippen LogP contribution in [0.3, 0.4) is 0 Å². The average Bonchev–Trinajstić information content (AvgIpc) is 2.71. The number of likely N-dealkylation sites (N-methyl/N-ethyl adjacent to an activating group) is 1. The van der Waals surface area contributed by atoms with Crippen molar-refractivity contribution in [3.63, 3.8) is 0 Å². The fourth-order valence-electron chi connectivity index (χ4n) is 2.57. The summed E-state index contributed by atoms with van der Waals surface area (Å²) in [5, 5.41) is 19.1. The lowest BCUT2D eigenvalue weighted by Crippen LogP contribution is -2.40. The molecule has 0 unspecified atom stereocenters. The molecule has 1 aliphatic rings. The number of halogens is 1. The molecule has 1 aliphatic heterocycles. The van der Waals surface area contributed by atoms with E-state index in [1.165, 1.54) is 0 Å². The number of carboxylic acid groups (broad SMARTS) is 1. The molecule has 128 valence electrons. The predicted molar refractivity (Wildman–Crippen MR) is 84.5 cm³/mol. The van der Waals surface area contributed by atoms with Crippen molar-refractivity contribution >= 4 is 27.4 Å². The van der Waals surface area contributed by atoms with Gasteiger partial charge in [0.05, 0.1) is 23.7 Å². The standard InChI is InChI=1S/C14H18ClNO6S/c1-16(11-7-23(20,21)8-12(11)17)5-9-4-10(15)2-3-13(9)22-6-14(18)19/h2-4,11-12,17H,5-8H2,1H3,(H,18,19)/t11-,12-/m1/s1. The smallest absolute Gasteiger partial charge is 0.341 e. The maximum absolute atomic E-state index is 11.6. The van der Waals surface area contributed by atoms with Gasteiger partial charge in [-0.1, -0.05) is 11.6 Å². The van der Waals surface area contributed by atoms with Crippen molar-refractivity contribution in [2.45, 2.75) is 18.7 Å². The first-order chi connectivity index (χ1) is 10.7. The van der Waals surface area contributed by atoms with Crippen LogP contribution in [0, 0.1) is 0 Å². The molecule has 9 heteroatoms. The summed E-state index contributed by atoms with van der Waals surface area (Å²) in [5.74, 6) is -1.10. The summed E-state index contributed by atoms with van der Waals surface area (Å²) in [6, 6.07) is 4.25. The number of carbonyl (C=O) groups is 1. The lowest BCUT2D eigenvalue weighted by molar-refractivity contribution is -0.139. The molecule has 2 N–H and O–H groups in total. The van der Waals surface area contributed by atoms with E-state index < -0.39 is 34.6 Å². The van der Waals surface area contributed by atoms with E-state index in [4.69, 9.17) is 21.4 Å². The van der Waals surface area contributed by atoms with Gasteiger partial charge in [-0.3, -0.25) is 4.90 Å². The van der Waals surface area contributed by atoms with E-state index in [0.717, 1.165) is 0 Å². The number of hydrogen-bond acceptors (Lipinski definition) is 6. The summed E-state index contributed by atoms with van der Waals surface area (Å²) in [5.41, 5.74) is 0.623. The minimum absolute atomic E-state index is 0.115. The second-order valence-corrected chi connectivity index (χ2v) is 8.15. The van der Waals surface area contributed by atoms with E-state index in [9.17, 15) is 18.3 Å². The molecule has 1 saturated heterocycles. The summed E-state index contributed by atoms with van der Waals surface area (Å²) in [4.78, 5) is 12.3. The van der Waals surface area contributed by atoms with Crippen LogP contribution in [-0.4, -0.2) is 66.8 Å². The topological polar surface area (TPSA) is 104 Å². The predicted octanol–water partition coefficient (Wildman–Crippen LogP) is 0.393. The van der Waals surface area contributed by atoms with Crippen molar-refractivity contribution in [1.29, 1.82) is 0 Å². The Kier molecular flexibility index (Phi) is 5.51. The van der Waals surface area contributed by atoms with Crippen molar-refractivity contribution in [2.24, 2.45) is 0 Å². The maximum atomic E-state index is 11.6. The van der Waals surface area contributed by atoms with Crippen LogP contribution in [0.1, 0.15) is 5.56 Å². The summed E-state index contributed by atoms with van der Waals surface area (Å²) in [6.45, 7) is -0.217. The quantitative estimate of drug-likeness (QED) is 0.753. The monoisotopic (exact) mass is 363 g/mol. The summed E-state index contributed by atoms with van der Waals surface area (Å²) >= 11 is 5.96. The first kappa shape index (κ1) is 18.0. The molecule has 2 atom stereocenters. The second-order valence-electron chi connectivity index (χ2n) is 5.56. The third-order valence-electron chi connectivity index (χ3n) is 3.65. The summed E-state index contributed by atoms with van der Waals surface area (Å²) in [6.07, 6.45) is -0.951. The fraction of sp³-hybridized carbons (Fsp3) is 0.500. The number of aliphatic hydroxyl groups excluding tert-OH is 1. The third-order valence-corrected chi connectivity index (χ3v) is 5.59. The van der Waals surface area contributed by atoms with Crippen molar-refractivity contribution in [3.8, 4) is 5.75 Å². The number of ether oxygens (including phenoxy) is 1. The minimum atomic E-state index is -3.25. The van der Waals surface area contributed by atoms with E-state index in [0.29, 0.717) is 16.3 Å². The molecule has 2 rings (SSSR count). The normalized spacial score (nSPS) is 23.1. The van der Waals surface area contributed by atoms with Crippen molar-refractivity contribution in [3.05, 3.63) is 28.8 Å². The van der Waals surface area contributed by atoms with Crippen molar-refractivity contribution < 1.29 is 28.2 Å². The molecule has 0 saturated carbocycles. The molecule has 0 aromatic heterocycles. The van der Waals surface area contributed by atoms with Gasteiger partial charge in [0.2, 0.25) is 0 Å². The molecule has 0 bridgehead atoms. The van der Waals surface area contributed by atoms with E-state index in [-0.39, 0.29) is 18.1 Å². The van der Waals surface area contributed by atoms with Gasteiger partial charge in [0, 0.05) is 17.1 Å². The molecule has 23 heavy (non-hydrogen) atoms. The Labute approximate surface area is 139 Å². The fourth-order valence-corrected chi connectivity index (χ4v) is 4.64. The van der Waals surface area contributed by atoms with Gasteiger partial charge >= 0.3 is 5.97 Å². The molecule has 0 spiro atoms. The Morgan fingerprint density at radius 2 is 2.13 bits per heavy atom. The molecule has 1 fully saturated rings. The summed E-state index contributed by atoms with van der Waals surface area (Å²) in [7, 11) is -1.56. The van der Waals surface area contributed by atoms with Crippen LogP contribution in [-0.2, 0) is 21.2 Å². The van der Waals surface area contributed by atoms with Gasteiger partial charge in [-0.25, -0.2) is 13.2 Å². The van der Waals surface area contributed by atoms with E-state index in [2.05, 4.69) is 0 Å². The van der Waals surface area contributed by atoms with Crippen LogP contribution in [0.5, 0.6) is 5.75 Å². The van der Waals surface area contributed by atoms with Crippen LogP contribution >= 0.6 is 11.6 Å². The number of aliphatic hydroxyl groups is 1. The van der Waals surface area contributed by atoms with Gasteiger partial charge in [-0.05, 0) is 25.2 Å². The second kappa shape index (κ2) is 7.04. The first-order valence-electron chi connectivity index (χ1n) is 6.90. The van der Waals surface area contributed by atoms with Gasteiger partial charge in [-0.15, -0.1) is 0 Å². The highest BCUT2D eigenvalue weighted by Gasteiger charge is 2.38. The van der Waals surface area contributed by atoms with Crippen molar-refractivity contribution in [2.75, 3.05) is 25.2 Å². The average molecular weight is 364 g/mol. The van der Waals surface area contributed by atoms with E-state index >= 15 is 0 Å². The number of sulfone groups is 1. The zero-order valence-electron chi connectivity index (χ0n) is 12.5. The lowest BCUT2D eigenvalue weighted by Gasteiger charge is -2.26. The highest BCUT2D eigenvalue weighted by Crippen LogP contribution is 2.26. The highest BCUT2D eigenvalue weighted by molar-refractivity contribution is 7.91. The van der Waals surface area contributed by atoms with Crippen molar-refractivity contribution in [1.82, 2.24) is 4.90 Å². The number of rotatable bonds is 6. The minimum Gasteiger partial charge on any atom is -0.482 e. The first-order valence-corrected chi connectivity index (χ1v) is 9.09. The SMILES string of the molecule is CN(Cc1cc(Cl)ccc1OCC(=O)O)[C@@H]1CS(=O)(=O)C[C@H]1O. The molecule has 1 heterocycles. The molecule has 1 aromatic rings. The Morgan fingerprint density at radius 1 is 1.43 bits per heavy atom. The van der Waals surface area contributed by atoms with E-state index in [1.807, 2.05) is 0 Å². The number of nitrogens with zero attached hydrogens (tertiary/aromatic N) is 1. The highest BCUT2D eigenvalue weighted by atomic mass is 35.5. The summed E-state index contributed by atoms with van der Waals surface area (Å²) < 4.78 is 28.4. The number of aliphatic carboxylic acids is 1. The Balaban J connectivity index is 2.15. The van der Waals surface area contributed by atoms with E-state index in [1.54, 1.807) is 30.1 Å². The Bertz CT molecular complexity index is 693. The molecular weight excluding hydrogens is 346 g/mol. The van der Waals surface area contributed by atoms with Crippen LogP contribution in [0.4, 0.5) is 0 Å². The Hall–Kier alpha value is -1.35. The largest absolute Gasteiger partial charge is 0.482 e. The molecule has 0 amide bonds. The zero-order valence-corrected chi connectivity index (χ0v) is 14.0. The van der Waals surface area contributed by atoms with Crippen LogP contribution < -0.4 is 4.74 Å².